The first-order chi connectivity index (χ1) is 7.83. The van der Waals surface area contributed by atoms with Gasteiger partial charge in [0, 0.05) is 31.1 Å². The molecular formula is C12H18N2OS. The lowest BCUT2D eigenvalue weighted by molar-refractivity contribution is 0.123. The maximum atomic E-state index is 5.40. The number of morpholine rings is 1. The van der Waals surface area contributed by atoms with Gasteiger partial charge in [0.25, 0.3) is 0 Å². The number of hydrogen-bond donors (Lipinski definition) is 0. The van der Waals surface area contributed by atoms with Gasteiger partial charge in [-0.1, -0.05) is 0 Å². The zero-order valence-electron chi connectivity index (χ0n) is 9.74. The van der Waals surface area contributed by atoms with Crippen LogP contribution in [0.2, 0.25) is 0 Å². The third-order valence-electron chi connectivity index (χ3n) is 3.37. The summed E-state index contributed by atoms with van der Waals surface area (Å²) >= 11 is 1.99. The van der Waals surface area contributed by atoms with E-state index in [1.807, 2.05) is 11.3 Å². The molecule has 1 saturated heterocycles. The molecule has 0 saturated carbocycles. The Morgan fingerprint density at radius 3 is 2.88 bits per heavy atom. The van der Waals surface area contributed by atoms with E-state index in [2.05, 4.69) is 22.9 Å². The van der Waals surface area contributed by atoms with E-state index in [0.717, 1.165) is 32.8 Å². The van der Waals surface area contributed by atoms with Crippen molar-refractivity contribution < 1.29 is 4.74 Å². The van der Waals surface area contributed by atoms with Crippen LogP contribution in [0, 0.1) is 0 Å². The Morgan fingerprint density at radius 2 is 2.06 bits per heavy atom. The second-order valence-electron chi connectivity index (χ2n) is 4.62. The van der Waals surface area contributed by atoms with Crippen molar-refractivity contribution in [3.05, 3.63) is 16.5 Å². The van der Waals surface area contributed by atoms with Crippen LogP contribution in [0.5, 0.6) is 0 Å². The maximum absolute atomic E-state index is 5.40. The number of likely N-dealkylation sites (N-methyl/N-ethyl adjacent to an activating group) is 1. The average Bonchev–Trinajstić information content (AvgIpc) is 2.73. The van der Waals surface area contributed by atoms with Crippen LogP contribution in [-0.2, 0) is 17.7 Å². The molecule has 2 aliphatic rings. The van der Waals surface area contributed by atoms with Crippen LogP contribution < -0.4 is 4.90 Å². The average molecular weight is 238 g/mol. The molecule has 0 spiro atoms. The molecule has 0 radical (unpaired) electrons. The molecule has 1 aromatic heterocycles. The van der Waals surface area contributed by atoms with Gasteiger partial charge in [-0.3, -0.25) is 0 Å². The van der Waals surface area contributed by atoms with Gasteiger partial charge in [-0.15, -0.1) is 11.3 Å². The Balaban J connectivity index is 1.80. The van der Waals surface area contributed by atoms with Crippen molar-refractivity contribution in [2.45, 2.75) is 13.0 Å². The summed E-state index contributed by atoms with van der Waals surface area (Å²) < 4.78 is 5.40. The normalized spacial score (nSPS) is 22.2. The molecule has 0 aromatic carbocycles. The molecule has 3 rings (SSSR count). The number of fused-ring (bicyclic) bond motifs is 1. The zero-order valence-corrected chi connectivity index (χ0v) is 10.6. The van der Waals surface area contributed by atoms with Gasteiger partial charge in [0.15, 0.2) is 0 Å². The second-order valence-corrected chi connectivity index (χ2v) is 5.74. The van der Waals surface area contributed by atoms with E-state index in [9.17, 15) is 0 Å². The van der Waals surface area contributed by atoms with Crippen molar-refractivity contribution >= 4 is 16.3 Å². The van der Waals surface area contributed by atoms with Crippen molar-refractivity contribution in [1.29, 1.82) is 0 Å². The topological polar surface area (TPSA) is 15.7 Å². The Labute approximate surface area is 101 Å². The summed E-state index contributed by atoms with van der Waals surface area (Å²) in [5.74, 6) is 0. The molecular weight excluding hydrogens is 220 g/mol. The molecule has 1 aromatic rings. The van der Waals surface area contributed by atoms with Crippen LogP contribution in [0.4, 0.5) is 5.00 Å². The number of rotatable bonds is 1. The van der Waals surface area contributed by atoms with Gasteiger partial charge in [0.2, 0.25) is 0 Å². The Morgan fingerprint density at radius 1 is 1.25 bits per heavy atom. The van der Waals surface area contributed by atoms with E-state index >= 15 is 0 Å². The molecule has 0 unspecified atom stereocenters. The minimum atomic E-state index is 0.877. The molecule has 1 fully saturated rings. The highest BCUT2D eigenvalue weighted by atomic mass is 32.1. The van der Waals surface area contributed by atoms with E-state index in [1.165, 1.54) is 18.0 Å². The maximum Gasteiger partial charge on any atom is 0.0916 e. The predicted molar refractivity (Wildman–Crippen MR) is 67.4 cm³/mol. The number of ether oxygens (including phenoxy) is 1. The highest BCUT2D eigenvalue weighted by Gasteiger charge is 2.20. The first-order valence-corrected chi connectivity index (χ1v) is 6.77. The van der Waals surface area contributed by atoms with E-state index < -0.39 is 0 Å². The molecule has 0 atom stereocenters. The molecule has 16 heavy (non-hydrogen) atoms. The van der Waals surface area contributed by atoms with E-state index in [-0.39, 0.29) is 0 Å². The molecule has 0 aliphatic carbocycles. The highest BCUT2D eigenvalue weighted by Crippen LogP contribution is 2.33. The van der Waals surface area contributed by atoms with Gasteiger partial charge in [0.05, 0.1) is 18.2 Å². The van der Waals surface area contributed by atoms with Crippen molar-refractivity contribution in [2.75, 3.05) is 44.8 Å². The second kappa shape index (κ2) is 4.35. The summed E-state index contributed by atoms with van der Waals surface area (Å²) in [6.45, 7) is 6.18. The Bertz CT molecular complexity index is 371. The SMILES string of the molecule is CN1CCc2sc(N3CCOCC3)cc2C1. The minimum Gasteiger partial charge on any atom is -0.378 e. The van der Waals surface area contributed by atoms with Crippen molar-refractivity contribution in [1.82, 2.24) is 4.90 Å². The van der Waals surface area contributed by atoms with E-state index in [4.69, 9.17) is 4.74 Å². The Kier molecular flexibility index (Phi) is 2.88. The first-order valence-electron chi connectivity index (χ1n) is 5.96. The van der Waals surface area contributed by atoms with Crippen LogP contribution in [0.1, 0.15) is 10.4 Å². The lowest BCUT2D eigenvalue weighted by Gasteiger charge is -2.27. The predicted octanol–water partition coefficient (Wildman–Crippen LogP) is 1.57. The van der Waals surface area contributed by atoms with Crippen molar-refractivity contribution in [2.24, 2.45) is 0 Å². The summed E-state index contributed by atoms with van der Waals surface area (Å²) in [5.41, 5.74) is 1.54. The summed E-state index contributed by atoms with van der Waals surface area (Å²) in [5, 5.41) is 1.45. The monoisotopic (exact) mass is 238 g/mol. The molecule has 4 heteroatoms. The number of anilines is 1. The quantitative estimate of drug-likeness (QED) is 0.738. The van der Waals surface area contributed by atoms with Gasteiger partial charge in [-0.05, 0) is 25.1 Å². The van der Waals surface area contributed by atoms with Crippen LogP contribution >= 0.6 is 11.3 Å². The largest absolute Gasteiger partial charge is 0.378 e. The summed E-state index contributed by atoms with van der Waals surface area (Å²) in [6.07, 6.45) is 1.22. The molecule has 0 bridgehead atoms. The zero-order chi connectivity index (χ0) is 11.0. The van der Waals surface area contributed by atoms with Crippen molar-refractivity contribution in [3.8, 4) is 0 Å². The third-order valence-corrected chi connectivity index (χ3v) is 4.67. The third kappa shape index (κ3) is 1.97. The van der Waals surface area contributed by atoms with Crippen LogP contribution in [0.15, 0.2) is 6.07 Å². The lowest BCUT2D eigenvalue weighted by atomic mass is 10.1. The molecule has 3 nitrogen and oxygen atoms in total. The van der Waals surface area contributed by atoms with Crippen LogP contribution in [0.25, 0.3) is 0 Å². The van der Waals surface area contributed by atoms with Crippen molar-refractivity contribution in [3.63, 3.8) is 0 Å². The van der Waals surface area contributed by atoms with Gasteiger partial charge >= 0.3 is 0 Å². The minimum absolute atomic E-state index is 0.877. The standard InChI is InChI=1S/C12H18N2OS/c1-13-3-2-11-10(9-13)8-12(16-11)14-4-6-15-7-5-14/h8H,2-7,9H2,1H3. The van der Waals surface area contributed by atoms with Gasteiger partial charge in [-0.25, -0.2) is 0 Å². The number of thiophene rings is 1. The van der Waals surface area contributed by atoms with Crippen LogP contribution in [0.3, 0.4) is 0 Å². The molecule has 3 heterocycles. The fourth-order valence-electron chi connectivity index (χ4n) is 2.40. The molecule has 0 amide bonds. The summed E-state index contributed by atoms with van der Waals surface area (Å²) in [7, 11) is 2.20. The fourth-order valence-corrected chi connectivity index (χ4v) is 3.61. The number of hydrogen-bond acceptors (Lipinski definition) is 4. The summed E-state index contributed by atoms with van der Waals surface area (Å²) in [6, 6.07) is 2.39. The lowest BCUT2D eigenvalue weighted by Crippen LogP contribution is -2.35. The molecule has 2 aliphatic heterocycles. The Hall–Kier alpha value is -0.580. The van der Waals surface area contributed by atoms with Gasteiger partial charge in [-0.2, -0.15) is 0 Å². The van der Waals surface area contributed by atoms with Gasteiger partial charge < -0.3 is 14.5 Å². The smallest absolute Gasteiger partial charge is 0.0916 e. The van der Waals surface area contributed by atoms with E-state index in [1.54, 1.807) is 10.4 Å². The number of nitrogens with zero attached hydrogens (tertiary/aromatic N) is 2. The molecule has 88 valence electrons. The van der Waals surface area contributed by atoms with Gasteiger partial charge in [0.1, 0.15) is 0 Å². The summed E-state index contributed by atoms with van der Waals surface area (Å²) in [4.78, 5) is 6.46. The van der Waals surface area contributed by atoms with Crippen LogP contribution in [-0.4, -0.2) is 44.8 Å². The first kappa shape index (κ1) is 10.6. The van der Waals surface area contributed by atoms with E-state index in [0.29, 0.717) is 0 Å². The fraction of sp³-hybridized carbons (Fsp3) is 0.667. The molecule has 0 N–H and O–H groups in total. The highest BCUT2D eigenvalue weighted by molar-refractivity contribution is 7.16.